The van der Waals surface area contributed by atoms with Crippen LogP contribution in [0.1, 0.15) is 54.0 Å². The predicted molar refractivity (Wildman–Crippen MR) is 99.7 cm³/mol. The van der Waals surface area contributed by atoms with Gasteiger partial charge in [0.25, 0.3) is 0 Å². The van der Waals surface area contributed by atoms with Gasteiger partial charge in [-0.3, -0.25) is 4.79 Å². The average molecular weight is 386 g/mol. The molecule has 0 radical (unpaired) electrons. The molecule has 1 aromatic carbocycles. The summed E-state index contributed by atoms with van der Waals surface area (Å²) in [5.74, 6) is -0.0499. The van der Waals surface area contributed by atoms with Crippen LogP contribution in [0, 0.1) is 5.41 Å². The van der Waals surface area contributed by atoms with Crippen molar-refractivity contribution in [3.05, 3.63) is 33.8 Å². The summed E-state index contributed by atoms with van der Waals surface area (Å²) in [5.41, 5.74) is -0.747. The Balaban J connectivity index is 0.00000102. The standard InChI is InChI=1S/C13H12Cl4O.2C2H6/c1-7(18)11(2)12(3,13(11,16)17)8-4-9(14)6-10(15)5-8;2*1-2/h4-6H,1-3H3;2*1-2H3/t11-,12-;;/m0../s1. The third-order valence-corrected chi connectivity index (χ3v) is 6.29. The highest BCUT2D eigenvalue weighted by Gasteiger charge is 2.84. The van der Waals surface area contributed by atoms with E-state index in [0.717, 1.165) is 5.56 Å². The molecule has 0 saturated heterocycles. The Kier molecular flexibility index (Phi) is 7.76. The summed E-state index contributed by atoms with van der Waals surface area (Å²) < 4.78 is -1.15. The zero-order valence-electron chi connectivity index (χ0n) is 14.2. The molecule has 1 nitrogen and oxygen atoms in total. The van der Waals surface area contributed by atoms with Crippen molar-refractivity contribution in [1.82, 2.24) is 0 Å². The third kappa shape index (κ3) is 3.02. The average Bonchev–Trinajstić information content (AvgIpc) is 2.84. The van der Waals surface area contributed by atoms with Crippen LogP contribution in [0.25, 0.3) is 0 Å². The van der Waals surface area contributed by atoms with E-state index < -0.39 is 15.2 Å². The largest absolute Gasteiger partial charge is 0.299 e. The lowest BCUT2D eigenvalue weighted by atomic mass is 9.86. The van der Waals surface area contributed by atoms with Gasteiger partial charge in [0.2, 0.25) is 0 Å². The molecule has 1 aliphatic rings. The minimum absolute atomic E-state index is 0.0499. The first-order valence-corrected chi connectivity index (χ1v) is 8.95. The van der Waals surface area contributed by atoms with E-state index in [4.69, 9.17) is 46.4 Å². The first-order chi connectivity index (χ1) is 10.1. The fourth-order valence-electron chi connectivity index (χ4n) is 2.69. The van der Waals surface area contributed by atoms with Crippen LogP contribution in [0.3, 0.4) is 0 Å². The van der Waals surface area contributed by atoms with Gasteiger partial charge < -0.3 is 0 Å². The van der Waals surface area contributed by atoms with Crippen LogP contribution in [-0.2, 0) is 10.2 Å². The molecule has 0 spiro atoms. The van der Waals surface area contributed by atoms with E-state index in [1.807, 2.05) is 34.6 Å². The summed E-state index contributed by atoms with van der Waals surface area (Å²) >= 11 is 24.7. The molecule has 1 fully saturated rings. The van der Waals surface area contributed by atoms with Crippen molar-refractivity contribution in [3.8, 4) is 0 Å². The van der Waals surface area contributed by atoms with Gasteiger partial charge in [0.1, 0.15) is 10.1 Å². The number of carbonyl (C=O) groups is 1. The molecule has 5 heteroatoms. The van der Waals surface area contributed by atoms with E-state index in [2.05, 4.69) is 0 Å². The van der Waals surface area contributed by atoms with Gasteiger partial charge in [-0.05, 0) is 37.6 Å². The molecule has 22 heavy (non-hydrogen) atoms. The molecule has 1 aliphatic carbocycles. The molecule has 2 rings (SSSR count). The van der Waals surface area contributed by atoms with Gasteiger partial charge in [0.05, 0.1) is 5.41 Å². The molecule has 0 bridgehead atoms. The van der Waals surface area contributed by atoms with E-state index in [9.17, 15) is 4.79 Å². The Labute approximate surface area is 154 Å². The van der Waals surface area contributed by atoms with E-state index >= 15 is 0 Å². The second-order valence-electron chi connectivity index (χ2n) is 5.04. The minimum Gasteiger partial charge on any atom is -0.299 e. The molecule has 1 saturated carbocycles. The van der Waals surface area contributed by atoms with Crippen LogP contribution >= 0.6 is 46.4 Å². The Morgan fingerprint density at radius 1 is 0.909 bits per heavy atom. The van der Waals surface area contributed by atoms with Gasteiger partial charge in [-0.1, -0.05) is 81.0 Å². The van der Waals surface area contributed by atoms with Crippen molar-refractivity contribution >= 4 is 52.2 Å². The zero-order chi connectivity index (χ0) is 17.9. The Bertz CT molecular complexity index is 521. The highest BCUT2D eigenvalue weighted by Crippen LogP contribution is 2.78. The molecule has 0 heterocycles. The molecule has 0 N–H and O–H groups in total. The number of hydrogen-bond acceptors (Lipinski definition) is 1. The summed E-state index contributed by atoms with van der Waals surface area (Å²) in [6.45, 7) is 13.1. The van der Waals surface area contributed by atoms with Crippen molar-refractivity contribution in [1.29, 1.82) is 0 Å². The number of halogens is 4. The summed E-state index contributed by atoms with van der Waals surface area (Å²) in [6, 6.07) is 5.13. The van der Waals surface area contributed by atoms with E-state index in [0.29, 0.717) is 10.0 Å². The van der Waals surface area contributed by atoms with Crippen molar-refractivity contribution in [2.24, 2.45) is 5.41 Å². The molecular formula is C17H24Cl4O. The molecule has 0 unspecified atom stereocenters. The summed E-state index contributed by atoms with van der Waals surface area (Å²) in [4.78, 5) is 11.9. The van der Waals surface area contributed by atoms with Crippen LogP contribution in [0.15, 0.2) is 18.2 Å². The number of rotatable bonds is 2. The fourth-order valence-corrected chi connectivity index (χ4v) is 4.36. The molecule has 0 aliphatic heterocycles. The van der Waals surface area contributed by atoms with Gasteiger partial charge >= 0.3 is 0 Å². The lowest BCUT2D eigenvalue weighted by Crippen LogP contribution is -2.19. The van der Waals surface area contributed by atoms with Crippen molar-refractivity contribution in [2.45, 2.75) is 58.2 Å². The number of alkyl halides is 2. The Hall–Kier alpha value is 0.0500. The lowest BCUT2D eigenvalue weighted by Gasteiger charge is -2.16. The van der Waals surface area contributed by atoms with Crippen LogP contribution in [-0.4, -0.2) is 10.1 Å². The second kappa shape index (κ2) is 7.75. The smallest absolute Gasteiger partial charge is 0.141 e. The minimum atomic E-state index is -1.15. The number of benzene rings is 1. The van der Waals surface area contributed by atoms with E-state index in [-0.39, 0.29) is 5.78 Å². The normalized spacial score (nSPS) is 27.8. The zero-order valence-corrected chi connectivity index (χ0v) is 17.2. The molecule has 0 aromatic heterocycles. The monoisotopic (exact) mass is 384 g/mol. The number of ketones is 1. The quantitative estimate of drug-likeness (QED) is 0.496. The maximum absolute atomic E-state index is 11.9. The van der Waals surface area contributed by atoms with Crippen molar-refractivity contribution in [3.63, 3.8) is 0 Å². The molecular weight excluding hydrogens is 362 g/mol. The second-order valence-corrected chi connectivity index (χ2v) is 7.24. The first kappa shape index (κ1) is 22.1. The van der Waals surface area contributed by atoms with Crippen molar-refractivity contribution < 1.29 is 4.79 Å². The molecule has 126 valence electrons. The van der Waals surface area contributed by atoms with Gasteiger partial charge in [0.15, 0.2) is 0 Å². The summed E-state index contributed by atoms with van der Waals surface area (Å²) in [7, 11) is 0. The maximum atomic E-state index is 11.9. The lowest BCUT2D eigenvalue weighted by molar-refractivity contribution is -0.122. The van der Waals surface area contributed by atoms with Crippen LogP contribution in [0.2, 0.25) is 10.0 Å². The summed E-state index contributed by atoms with van der Waals surface area (Å²) in [6.07, 6.45) is 0. The Morgan fingerprint density at radius 3 is 1.55 bits per heavy atom. The van der Waals surface area contributed by atoms with Crippen LogP contribution in [0.4, 0.5) is 0 Å². The molecule has 2 atom stereocenters. The van der Waals surface area contributed by atoms with E-state index in [1.165, 1.54) is 6.92 Å². The first-order valence-electron chi connectivity index (χ1n) is 7.44. The van der Waals surface area contributed by atoms with Gasteiger partial charge in [-0.15, -0.1) is 0 Å². The molecule has 1 aromatic rings. The fraction of sp³-hybridized carbons (Fsp3) is 0.588. The van der Waals surface area contributed by atoms with Gasteiger partial charge in [0, 0.05) is 15.5 Å². The summed E-state index contributed by atoms with van der Waals surface area (Å²) in [5, 5.41) is 1.00. The molecule has 0 amide bonds. The number of hydrogen-bond donors (Lipinski definition) is 0. The SMILES string of the molecule is CC.CC.CC(=O)[C@]1(C)C(Cl)(Cl)[C@@]1(C)c1cc(Cl)cc(Cl)c1. The van der Waals surface area contributed by atoms with Gasteiger partial charge in [-0.25, -0.2) is 0 Å². The number of Topliss-reactive ketones (excluding diaryl/α,β-unsaturated/α-hetero) is 1. The Morgan fingerprint density at radius 2 is 1.27 bits per heavy atom. The third-order valence-electron chi connectivity index (χ3n) is 4.34. The number of carbonyl (C=O) groups excluding carboxylic acids is 1. The predicted octanol–water partition coefficient (Wildman–Crippen LogP) is 7.09. The van der Waals surface area contributed by atoms with Crippen molar-refractivity contribution in [2.75, 3.05) is 0 Å². The van der Waals surface area contributed by atoms with Crippen LogP contribution < -0.4 is 0 Å². The topological polar surface area (TPSA) is 17.1 Å². The van der Waals surface area contributed by atoms with Gasteiger partial charge in [-0.2, -0.15) is 0 Å². The highest BCUT2D eigenvalue weighted by molar-refractivity contribution is 6.55. The maximum Gasteiger partial charge on any atom is 0.141 e. The van der Waals surface area contributed by atoms with E-state index in [1.54, 1.807) is 25.1 Å². The van der Waals surface area contributed by atoms with Crippen LogP contribution in [0.5, 0.6) is 0 Å². The highest BCUT2D eigenvalue weighted by atomic mass is 35.5.